The molecule has 3 rings (SSSR count). The zero-order valence-electron chi connectivity index (χ0n) is 13.6. The highest BCUT2D eigenvalue weighted by molar-refractivity contribution is 9.10. The molecule has 1 unspecified atom stereocenters. The van der Waals surface area contributed by atoms with Crippen LogP contribution in [-0.2, 0) is 17.6 Å². The van der Waals surface area contributed by atoms with E-state index in [0.717, 1.165) is 25.1 Å². The molecule has 1 saturated heterocycles. The highest BCUT2D eigenvalue weighted by Crippen LogP contribution is 2.34. The van der Waals surface area contributed by atoms with E-state index in [4.69, 9.17) is 0 Å². The Kier molecular flexibility index (Phi) is 4.88. The monoisotopic (exact) mass is 364 g/mol. The van der Waals surface area contributed by atoms with Crippen LogP contribution in [0.2, 0.25) is 0 Å². The minimum Gasteiger partial charge on any atom is -0.312 e. The molecular weight excluding hydrogens is 340 g/mol. The number of hydrogen-bond donors (Lipinski definition) is 0. The van der Waals surface area contributed by atoms with Crippen LogP contribution in [0.3, 0.4) is 0 Å². The van der Waals surface area contributed by atoms with E-state index in [9.17, 15) is 4.79 Å². The number of anilines is 1. The summed E-state index contributed by atoms with van der Waals surface area (Å²) in [6.45, 7) is 3.72. The molecule has 0 bridgehead atoms. The van der Waals surface area contributed by atoms with E-state index in [0.29, 0.717) is 6.04 Å². The first kappa shape index (κ1) is 16.0. The second kappa shape index (κ2) is 6.71. The number of piperidine rings is 1. The average molecular weight is 365 g/mol. The standard InChI is InChI=1S/C18H25BrN2O/c1-13(22)21-10-8-15-11-17(19)14(12-18(15)21)6-7-16-5-3-4-9-20(16)2/h11-12,16H,3-10H2,1-2H3. The van der Waals surface area contributed by atoms with E-state index in [1.54, 1.807) is 6.92 Å². The minimum absolute atomic E-state index is 0.152. The predicted molar refractivity (Wildman–Crippen MR) is 94.5 cm³/mol. The third-order valence-corrected chi connectivity index (χ3v) is 5.93. The molecule has 1 aromatic rings. The van der Waals surface area contributed by atoms with Gasteiger partial charge in [0.05, 0.1) is 0 Å². The van der Waals surface area contributed by atoms with Crippen LogP contribution in [0.15, 0.2) is 16.6 Å². The molecule has 1 aromatic carbocycles. The number of amides is 1. The van der Waals surface area contributed by atoms with Crippen molar-refractivity contribution in [3.63, 3.8) is 0 Å². The van der Waals surface area contributed by atoms with Crippen molar-refractivity contribution in [3.8, 4) is 0 Å². The molecule has 0 radical (unpaired) electrons. The van der Waals surface area contributed by atoms with Gasteiger partial charge >= 0.3 is 0 Å². The maximum absolute atomic E-state index is 11.8. The van der Waals surface area contributed by atoms with E-state index >= 15 is 0 Å². The first-order chi connectivity index (χ1) is 10.6. The van der Waals surface area contributed by atoms with Gasteiger partial charge in [0.2, 0.25) is 5.91 Å². The Morgan fingerprint density at radius 1 is 1.32 bits per heavy atom. The van der Waals surface area contributed by atoms with Crippen molar-refractivity contribution in [2.24, 2.45) is 0 Å². The third kappa shape index (κ3) is 3.23. The molecule has 2 heterocycles. The highest BCUT2D eigenvalue weighted by atomic mass is 79.9. The first-order valence-electron chi connectivity index (χ1n) is 8.36. The zero-order chi connectivity index (χ0) is 15.7. The van der Waals surface area contributed by atoms with Gasteiger partial charge in [0.1, 0.15) is 0 Å². The number of carbonyl (C=O) groups is 1. The Bertz CT molecular complexity index is 572. The fourth-order valence-corrected chi connectivity index (χ4v) is 4.39. The Morgan fingerprint density at radius 3 is 2.86 bits per heavy atom. The van der Waals surface area contributed by atoms with Crippen molar-refractivity contribution in [1.82, 2.24) is 4.90 Å². The summed E-state index contributed by atoms with van der Waals surface area (Å²) in [5.41, 5.74) is 3.76. The fraction of sp³-hybridized carbons (Fsp3) is 0.611. The summed E-state index contributed by atoms with van der Waals surface area (Å²) in [5, 5.41) is 0. The fourth-order valence-electron chi connectivity index (χ4n) is 3.80. The van der Waals surface area contributed by atoms with Gasteiger partial charge in [-0.3, -0.25) is 4.79 Å². The summed E-state index contributed by atoms with van der Waals surface area (Å²) in [6.07, 6.45) is 7.27. The Labute approximate surface area is 141 Å². The van der Waals surface area contributed by atoms with Gasteiger partial charge in [-0.15, -0.1) is 0 Å². The van der Waals surface area contributed by atoms with Crippen LogP contribution >= 0.6 is 15.9 Å². The predicted octanol–water partition coefficient (Wildman–Crippen LogP) is 3.78. The molecule has 1 fully saturated rings. The van der Waals surface area contributed by atoms with Gasteiger partial charge in [0.25, 0.3) is 0 Å². The lowest BCUT2D eigenvalue weighted by Gasteiger charge is -2.32. The Balaban J connectivity index is 1.74. The Hall–Kier alpha value is -0.870. The first-order valence-corrected chi connectivity index (χ1v) is 9.15. The number of nitrogens with zero attached hydrogens (tertiary/aromatic N) is 2. The summed E-state index contributed by atoms with van der Waals surface area (Å²) in [7, 11) is 2.25. The summed E-state index contributed by atoms with van der Waals surface area (Å²) >= 11 is 3.73. The second-order valence-corrected chi connectivity index (χ2v) is 7.52. The lowest BCUT2D eigenvalue weighted by atomic mass is 9.96. The molecule has 3 nitrogen and oxygen atoms in total. The Morgan fingerprint density at radius 2 is 2.14 bits per heavy atom. The molecule has 1 amide bonds. The van der Waals surface area contributed by atoms with Crippen LogP contribution in [0.5, 0.6) is 0 Å². The van der Waals surface area contributed by atoms with E-state index in [-0.39, 0.29) is 5.91 Å². The molecule has 0 aliphatic carbocycles. The van der Waals surface area contributed by atoms with Gasteiger partial charge in [-0.1, -0.05) is 22.4 Å². The molecule has 0 spiro atoms. The van der Waals surface area contributed by atoms with E-state index in [1.807, 2.05) is 4.90 Å². The maximum atomic E-state index is 11.8. The second-order valence-electron chi connectivity index (χ2n) is 6.66. The topological polar surface area (TPSA) is 23.6 Å². The highest BCUT2D eigenvalue weighted by Gasteiger charge is 2.24. The lowest BCUT2D eigenvalue weighted by molar-refractivity contribution is -0.116. The quantitative estimate of drug-likeness (QED) is 0.814. The van der Waals surface area contributed by atoms with Gasteiger partial charge in [-0.2, -0.15) is 0 Å². The largest absolute Gasteiger partial charge is 0.312 e. The normalized spacial score (nSPS) is 22.0. The summed E-state index contributed by atoms with van der Waals surface area (Å²) in [6, 6.07) is 5.16. The van der Waals surface area contributed by atoms with Gasteiger partial charge < -0.3 is 9.80 Å². The van der Waals surface area contributed by atoms with Gasteiger partial charge in [-0.05, 0) is 69.0 Å². The van der Waals surface area contributed by atoms with Crippen LogP contribution in [-0.4, -0.2) is 37.0 Å². The van der Waals surface area contributed by atoms with Crippen LogP contribution < -0.4 is 4.90 Å². The maximum Gasteiger partial charge on any atom is 0.223 e. The number of benzene rings is 1. The zero-order valence-corrected chi connectivity index (χ0v) is 15.2. The van der Waals surface area contributed by atoms with Crippen LogP contribution in [0.25, 0.3) is 0 Å². The van der Waals surface area contributed by atoms with Crippen molar-refractivity contribution in [2.75, 3.05) is 25.0 Å². The molecule has 120 valence electrons. The van der Waals surface area contributed by atoms with E-state index in [2.05, 4.69) is 40.0 Å². The molecule has 2 aliphatic heterocycles. The molecular formula is C18H25BrN2O. The summed E-state index contributed by atoms with van der Waals surface area (Å²) < 4.78 is 1.20. The summed E-state index contributed by atoms with van der Waals surface area (Å²) in [4.78, 5) is 16.2. The van der Waals surface area contributed by atoms with Crippen molar-refractivity contribution >= 4 is 27.5 Å². The molecule has 2 aliphatic rings. The van der Waals surface area contributed by atoms with Crippen molar-refractivity contribution in [3.05, 3.63) is 27.7 Å². The van der Waals surface area contributed by atoms with Crippen molar-refractivity contribution in [1.29, 1.82) is 0 Å². The third-order valence-electron chi connectivity index (χ3n) is 5.19. The minimum atomic E-state index is 0.152. The number of carbonyl (C=O) groups excluding carboxylic acids is 1. The van der Waals surface area contributed by atoms with Crippen molar-refractivity contribution < 1.29 is 4.79 Å². The number of aryl methyl sites for hydroxylation is 1. The van der Waals surface area contributed by atoms with Gasteiger partial charge in [0, 0.05) is 29.7 Å². The van der Waals surface area contributed by atoms with E-state index < -0.39 is 0 Å². The van der Waals surface area contributed by atoms with Crippen molar-refractivity contribution in [2.45, 2.75) is 51.5 Å². The van der Waals surface area contributed by atoms with Crippen LogP contribution in [0.1, 0.15) is 43.7 Å². The summed E-state index contributed by atoms with van der Waals surface area (Å²) in [5.74, 6) is 0.152. The lowest BCUT2D eigenvalue weighted by Crippen LogP contribution is -2.36. The molecule has 4 heteroatoms. The number of rotatable bonds is 3. The van der Waals surface area contributed by atoms with Crippen LogP contribution in [0, 0.1) is 0 Å². The molecule has 22 heavy (non-hydrogen) atoms. The number of fused-ring (bicyclic) bond motifs is 1. The number of hydrogen-bond acceptors (Lipinski definition) is 2. The smallest absolute Gasteiger partial charge is 0.223 e. The molecule has 0 aromatic heterocycles. The SMILES string of the molecule is CC(=O)N1CCc2cc(Br)c(CCC3CCCCN3C)cc21. The molecule has 0 N–H and O–H groups in total. The average Bonchev–Trinajstić information content (AvgIpc) is 2.89. The number of likely N-dealkylation sites (tertiary alicyclic amines) is 1. The molecule has 1 atom stereocenters. The van der Waals surface area contributed by atoms with E-state index in [1.165, 1.54) is 47.8 Å². The number of halogens is 1. The van der Waals surface area contributed by atoms with Gasteiger partial charge in [0.15, 0.2) is 0 Å². The van der Waals surface area contributed by atoms with Crippen LogP contribution in [0.4, 0.5) is 5.69 Å². The molecule has 0 saturated carbocycles. The van der Waals surface area contributed by atoms with Gasteiger partial charge in [-0.25, -0.2) is 0 Å².